The molecule has 192 valence electrons. The number of imidazole rings is 1. The quantitative estimate of drug-likeness (QED) is 0.469. The molecule has 9 nitrogen and oxygen atoms in total. The van der Waals surface area contributed by atoms with Crippen LogP contribution in [0.1, 0.15) is 51.9 Å². The Kier molecular flexibility index (Phi) is 6.69. The van der Waals surface area contributed by atoms with Crippen LogP contribution in [-0.2, 0) is 24.3 Å². The molecule has 0 radical (unpaired) electrons. The highest BCUT2D eigenvalue weighted by atomic mass is 16.5. The van der Waals surface area contributed by atoms with Crippen LogP contribution in [0.3, 0.4) is 0 Å². The Hall–Kier alpha value is -4.14. The van der Waals surface area contributed by atoms with E-state index in [9.17, 15) is 14.4 Å². The number of carbonyl (C=O) groups is 3. The zero-order valence-electron chi connectivity index (χ0n) is 21.1. The van der Waals surface area contributed by atoms with Gasteiger partial charge in [-0.2, -0.15) is 0 Å². The summed E-state index contributed by atoms with van der Waals surface area (Å²) in [6.45, 7) is 2.77. The molecule has 3 amide bonds. The maximum Gasteiger partial charge on any atom is 0.274 e. The maximum atomic E-state index is 13.7. The van der Waals surface area contributed by atoms with Crippen molar-refractivity contribution >= 4 is 17.7 Å². The average Bonchev–Trinajstić information content (AvgIpc) is 3.65. The third kappa shape index (κ3) is 4.94. The lowest BCUT2D eigenvalue weighted by atomic mass is 9.93. The number of benzene rings is 2. The maximum absolute atomic E-state index is 13.7. The van der Waals surface area contributed by atoms with Crippen LogP contribution in [0.25, 0.3) is 0 Å². The molecule has 0 saturated heterocycles. The van der Waals surface area contributed by atoms with Crippen molar-refractivity contribution < 1.29 is 19.1 Å². The minimum atomic E-state index is -1.10. The fraction of sp³-hybridized carbons (Fsp3) is 0.357. The van der Waals surface area contributed by atoms with E-state index in [-0.39, 0.29) is 41.7 Å². The van der Waals surface area contributed by atoms with E-state index in [2.05, 4.69) is 15.6 Å². The highest BCUT2D eigenvalue weighted by Crippen LogP contribution is 2.38. The number of nitrogens with zero attached hydrogens (tertiary/aromatic N) is 3. The molecular weight excluding hydrogens is 470 g/mol. The number of ether oxygens (including phenoxy) is 1. The van der Waals surface area contributed by atoms with Gasteiger partial charge in [-0.05, 0) is 49.4 Å². The summed E-state index contributed by atoms with van der Waals surface area (Å²) in [5.74, 6) is -0.216. The summed E-state index contributed by atoms with van der Waals surface area (Å²) >= 11 is 0. The Morgan fingerprint density at radius 3 is 2.46 bits per heavy atom. The molecule has 2 aliphatic rings. The monoisotopic (exact) mass is 501 g/mol. The number of methoxy groups -OCH3 is 1. The first-order valence-corrected chi connectivity index (χ1v) is 12.5. The molecule has 2 N–H and O–H groups in total. The molecule has 0 bridgehead atoms. The van der Waals surface area contributed by atoms with Crippen molar-refractivity contribution in [2.45, 2.75) is 50.9 Å². The van der Waals surface area contributed by atoms with Gasteiger partial charge in [0.15, 0.2) is 5.69 Å². The Balaban J connectivity index is 1.31. The molecule has 1 aliphatic carbocycles. The fourth-order valence-electron chi connectivity index (χ4n) is 4.89. The Morgan fingerprint density at radius 2 is 1.78 bits per heavy atom. The number of nitrogens with one attached hydrogen (secondary N) is 2. The first-order chi connectivity index (χ1) is 17.9. The van der Waals surface area contributed by atoms with Gasteiger partial charge in [0.1, 0.15) is 17.0 Å². The average molecular weight is 502 g/mol. The van der Waals surface area contributed by atoms with E-state index in [0.29, 0.717) is 19.5 Å². The molecule has 3 aromatic rings. The topological polar surface area (TPSA) is 106 Å². The molecule has 1 atom stereocenters. The minimum Gasteiger partial charge on any atom is -0.497 e. The van der Waals surface area contributed by atoms with Gasteiger partial charge in [0.05, 0.1) is 20.0 Å². The first-order valence-electron chi connectivity index (χ1n) is 12.5. The molecular formula is C28H31N5O4. The van der Waals surface area contributed by atoms with Crippen molar-refractivity contribution in [2.24, 2.45) is 0 Å². The number of hydrogen-bond donors (Lipinski definition) is 2. The number of rotatable bonds is 9. The molecule has 1 aromatic heterocycles. The molecule has 1 aliphatic heterocycles. The lowest BCUT2D eigenvalue weighted by molar-refractivity contribution is -0.133. The third-order valence-electron chi connectivity index (χ3n) is 7.04. The van der Waals surface area contributed by atoms with Crippen molar-refractivity contribution in [3.05, 3.63) is 83.4 Å². The molecule has 5 rings (SSSR count). The summed E-state index contributed by atoms with van der Waals surface area (Å²) in [6, 6.07) is 17.3. The van der Waals surface area contributed by atoms with E-state index in [1.807, 2.05) is 54.6 Å². The number of amides is 3. The van der Waals surface area contributed by atoms with Crippen LogP contribution in [0.15, 0.2) is 60.9 Å². The normalized spacial score (nSPS) is 18.8. The smallest absolute Gasteiger partial charge is 0.274 e. The van der Waals surface area contributed by atoms with Gasteiger partial charge in [-0.15, -0.1) is 0 Å². The second-order valence-electron chi connectivity index (χ2n) is 9.77. The number of hydrogen-bond acceptors (Lipinski definition) is 5. The van der Waals surface area contributed by atoms with Crippen LogP contribution in [-0.4, -0.2) is 57.4 Å². The van der Waals surface area contributed by atoms with E-state index in [0.717, 1.165) is 29.7 Å². The first kappa shape index (κ1) is 24.5. The highest BCUT2D eigenvalue weighted by Gasteiger charge is 2.53. The lowest BCUT2D eigenvalue weighted by Crippen LogP contribution is -2.64. The SMILES string of the molecule is COc1ccc(CNC(=O)[C@]2(C)Cn3cnc(C(=O)NCCc4ccccc4)c3C(=O)N2C2CC2)cc1. The van der Waals surface area contributed by atoms with Crippen LogP contribution in [0, 0.1) is 0 Å². The molecule has 0 unspecified atom stereocenters. The Morgan fingerprint density at radius 1 is 1.05 bits per heavy atom. The summed E-state index contributed by atoms with van der Waals surface area (Å²) in [5.41, 5.74) is 1.28. The summed E-state index contributed by atoms with van der Waals surface area (Å²) in [4.78, 5) is 46.1. The van der Waals surface area contributed by atoms with Crippen molar-refractivity contribution in [1.82, 2.24) is 25.1 Å². The number of carbonyl (C=O) groups excluding carboxylic acids is 3. The molecule has 37 heavy (non-hydrogen) atoms. The largest absolute Gasteiger partial charge is 0.497 e. The predicted molar refractivity (Wildman–Crippen MR) is 137 cm³/mol. The highest BCUT2D eigenvalue weighted by molar-refractivity contribution is 6.07. The van der Waals surface area contributed by atoms with Gasteiger partial charge in [0.2, 0.25) is 5.91 Å². The van der Waals surface area contributed by atoms with Gasteiger partial charge >= 0.3 is 0 Å². The number of aromatic nitrogens is 2. The lowest BCUT2D eigenvalue weighted by Gasteiger charge is -2.44. The van der Waals surface area contributed by atoms with E-state index in [4.69, 9.17) is 4.74 Å². The van der Waals surface area contributed by atoms with Crippen molar-refractivity contribution in [3.63, 3.8) is 0 Å². The number of fused-ring (bicyclic) bond motifs is 1. The van der Waals surface area contributed by atoms with Gasteiger partial charge in [-0.3, -0.25) is 14.4 Å². The molecule has 0 spiro atoms. The molecule has 9 heteroatoms. The van der Waals surface area contributed by atoms with Crippen LogP contribution in [0.5, 0.6) is 5.75 Å². The molecule has 2 aromatic carbocycles. The van der Waals surface area contributed by atoms with Gasteiger partial charge in [0, 0.05) is 19.1 Å². The fourth-order valence-corrected chi connectivity index (χ4v) is 4.89. The van der Waals surface area contributed by atoms with E-state index >= 15 is 0 Å². The van der Waals surface area contributed by atoms with E-state index in [1.54, 1.807) is 23.5 Å². The Labute approximate surface area is 215 Å². The Bertz CT molecular complexity index is 1300. The van der Waals surface area contributed by atoms with E-state index in [1.165, 1.54) is 6.33 Å². The predicted octanol–water partition coefficient (Wildman–Crippen LogP) is 2.56. The summed E-state index contributed by atoms with van der Waals surface area (Å²) in [7, 11) is 1.61. The van der Waals surface area contributed by atoms with Crippen LogP contribution < -0.4 is 15.4 Å². The molecule has 2 heterocycles. The standard InChI is InChI=1S/C28H31N5O4/c1-28(27(36)30-16-20-8-12-22(37-2)13-9-20)17-32-18-31-23(24(32)26(35)33(28)21-10-11-21)25(34)29-15-14-19-6-4-3-5-7-19/h3-9,12-13,18,21H,10-11,14-17H2,1-2H3,(H,29,34)(H,30,36)/t28-/m0/s1. The van der Waals surface area contributed by atoms with Crippen molar-refractivity contribution in [2.75, 3.05) is 13.7 Å². The zero-order valence-corrected chi connectivity index (χ0v) is 21.1. The van der Waals surface area contributed by atoms with Crippen LogP contribution >= 0.6 is 0 Å². The summed E-state index contributed by atoms with van der Waals surface area (Å²) in [5, 5.41) is 5.88. The summed E-state index contributed by atoms with van der Waals surface area (Å²) < 4.78 is 6.83. The second kappa shape index (κ2) is 10.1. The molecule has 1 saturated carbocycles. The van der Waals surface area contributed by atoms with E-state index < -0.39 is 5.54 Å². The van der Waals surface area contributed by atoms with Crippen molar-refractivity contribution in [3.8, 4) is 5.75 Å². The third-order valence-corrected chi connectivity index (χ3v) is 7.04. The van der Waals surface area contributed by atoms with Gasteiger partial charge in [-0.25, -0.2) is 4.98 Å². The molecule has 1 fully saturated rings. The van der Waals surface area contributed by atoms with Crippen LogP contribution in [0.4, 0.5) is 0 Å². The van der Waals surface area contributed by atoms with Gasteiger partial charge < -0.3 is 24.8 Å². The van der Waals surface area contributed by atoms with Crippen molar-refractivity contribution in [1.29, 1.82) is 0 Å². The minimum absolute atomic E-state index is 0.0260. The second-order valence-corrected chi connectivity index (χ2v) is 9.77. The van der Waals surface area contributed by atoms with Gasteiger partial charge in [0.25, 0.3) is 11.8 Å². The zero-order chi connectivity index (χ0) is 26.0. The van der Waals surface area contributed by atoms with Crippen LogP contribution in [0.2, 0.25) is 0 Å². The summed E-state index contributed by atoms with van der Waals surface area (Å²) in [6.07, 6.45) is 3.83. The van der Waals surface area contributed by atoms with Gasteiger partial charge in [-0.1, -0.05) is 42.5 Å².